The van der Waals surface area contributed by atoms with Crippen molar-refractivity contribution in [1.29, 1.82) is 0 Å². The van der Waals surface area contributed by atoms with Crippen LogP contribution in [0, 0.1) is 12.7 Å². The average molecular weight is 366 g/mol. The van der Waals surface area contributed by atoms with Crippen LogP contribution in [-0.4, -0.2) is 30.6 Å². The maximum Gasteiger partial charge on any atom is 0.275 e. The predicted octanol–water partition coefficient (Wildman–Crippen LogP) is 3.16. The number of aryl methyl sites for hydroxylation is 2. The summed E-state index contributed by atoms with van der Waals surface area (Å²) in [6.45, 7) is 2.56. The molecule has 7 nitrogen and oxygen atoms in total. The zero-order chi connectivity index (χ0) is 18.8. The molecule has 0 bridgehead atoms. The van der Waals surface area contributed by atoms with Crippen molar-refractivity contribution in [3.63, 3.8) is 0 Å². The van der Waals surface area contributed by atoms with Gasteiger partial charge in [-0.05, 0) is 38.0 Å². The molecule has 1 amide bonds. The van der Waals surface area contributed by atoms with Gasteiger partial charge in [0, 0.05) is 24.8 Å². The standard InChI is InChI=1S/C19H19FN6O/c1-12-10-22-16(11-21-12)19(27)23-13-6-7-15(20)14(9-13)18-25-24-17-5-3-2-4-8-26(17)18/h6-7,9-11H,2-5,8H2,1H3,(H,23,27). The number of hydrogen-bond acceptors (Lipinski definition) is 5. The molecule has 0 radical (unpaired) electrons. The van der Waals surface area contributed by atoms with Crippen molar-refractivity contribution in [3.05, 3.63) is 53.6 Å². The minimum atomic E-state index is -0.403. The first kappa shape index (κ1) is 17.3. The smallest absolute Gasteiger partial charge is 0.275 e. The normalized spacial score (nSPS) is 13.7. The number of nitrogens with zero attached hydrogens (tertiary/aromatic N) is 5. The lowest BCUT2D eigenvalue weighted by atomic mass is 10.1. The van der Waals surface area contributed by atoms with Gasteiger partial charge in [-0.2, -0.15) is 0 Å². The topological polar surface area (TPSA) is 85.6 Å². The van der Waals surface area contributed by atoms with E-state index in [1.807, 2.05) is 4.57 Å². The van der Waals surface area contributed by atoms with Crippen LogP contribution in [0.3, 0.4) is 0 Å². The zero-order valence-electron chi connectivity index (χ0n) is 14.9. The molecular formula is C19H19FN6O. The molecule has 1 aromatic carbocycles. The number of fused-ring (bicyclic) bond motifs is 1. The lowest BCUT2D eigenvalue weighted by molar-refractivity contribution is 0.102. The van der Waals surface area contributed by atoms with E-state index >= 15 is 0 Å². The molecule has 3 aromatic rings. The Kier molecular flexibility index (Phi) is 4.62. The summed E-state index contributed by atoms with van der Waals surface area (Å²) in [7, 11) is 0. The van der Waals surface area contributed by atoms with Gasteiger partial charge in [0.05, 0.1) is 17.5 Å². The van der Waals surface area contributed by atoms with Crippen LogP contribution in [0.1, 0.15) is 41.3 Å². The molecule has 138 valence electrons. The Morgan fingerprint density at radius 1 is 1.15 bits per heavy atom. The van der Waals surface area contributed by atoms with E-state index in [0.29, 0.717) is 17.1 Å². The molecule has 0 aliphatic carbocycles. The number of amides is 1. The van der Waals surface area contributed by atoms with E-state index in [-0.39, 0.29) is 5.69 Å². The fraction of sp³-hybridized carbons (Fsp3) is 0.316. The number of aromatic nitrogens is 5. The van der Waals surface area contributed by atoms with E-state index in [0.717, 1.165) is 43.7 Å². The molecule has 3 heterocycles. The Hall–Kier alpha value is -3.16. The van der Waals surface area contributed by atoms with Gasteiger partial charge >= 0.3 is 0 Å². The third-order valence-corrected chi connectivity index (χ3v) is 4.59. The predicted molar refractivity (Wildman–Crippen MR) is 97.7 cm³/mol. The lowest BCUT2D eigenvalue weighted by Gasteiger charge is -2.10. The SMILES string of the molecule is Cc1cnc(C(=O)Nc2ccc(F)c(-c3nnc4n3CCCCC4)c2)cn1. The summed E-state index contributed by atoms with van der Waals surface area (Å²) in [5.41, 5.74) is 1.71. The monoisotopic (exact) mass is 366 g/mol. The number of halogens is 1. The molecule has 1 aliphatic rings. The van der Waals surface area contributed by atoms with Gasteiger partial charge in [-0.25, -0.2) is 9.37 Å². The van der Waals surface area contributed by atoms with E-state index in [1.54, 1.807) is 13.0 Å². The van der Waals surface area contributed by atoms with Gasteiger partial charge in [-0.3, -0.25) is 9.78 Å². The summed E-state index contributed by atoms with van der Waals surface area (Å²) < 4.78 is 16.5. The van der Waals surface area contributed by atoms with E-state index in [9.17, 15) is 9.18 Å². The van der Waals surface area contributed by atoms with Crippen LogP contribution in [0.5, 0.6) is 0 Å². The van der Waals surface area contributed by atoms with Crippen molar-refractivity contribution < 1.29 is 9.18 Å². The highest BCUT2D eigenvalue weighted by Gasteiger charge is 2.19. The fourth-order valence-electron chi connectivity index (χ4n) is 3.16. The summed E-state index contributed by atoms with van der Waals surface area (Å²) in [5, 5.41) is 11.2. The number of benzene rings is 1. The minimum absolute atomic E-state index is 0.197. The second-order valence-corrected chi connectivity index (χ2v) is 6.59. The van der Waals surface area contributed by atoms with Gasteiger partial charge in [0.1, 0.15) is 17.3 Å². The number of carbonyl (C=O) groups excluding carboxylic acids is 1. The first-order chi connectivity index (χ1) is 13.1. The molecule has 0 saturated heterocycles. The van der Waals surface area contributed by atoms with Gasteiger partial charge in [0.25, 0.3) is 5.91 Å². The molecular weight excluding hydrogens is 347 g/mol. The number of carbonyl (C=O) groups is 1. The Balaban J connectivity index is 1.63. The molecule has 27 heavy (non-hydrogen) atoms. The largest absolute Gasteiger partial charge is 0.321 e. The Bertz CT molecular complexity index is 982. The van der Waals surface area contributed by atoms with Gasteiger partial charge in [-0.1, -0.05) is 6.42 Å². The molecule has 0 atom stereocenters. The third-order valence-electron chi connectivity index (χ3n) is 4.59. The Morgan fingerprint density at radius 3 is 2.85 bits per heavy atom. The van der Waals surface area contributed by atoms with Gasteiger partial charge in [0.2, 0.25) is 0 Å². The second-order valence-electron chi connectivity index (χ2n) is 6.59. The molecule has 8 heteroatoms. The van der Waals surface area contributed by atoms with Crippen LogP contribution < -0.4 is 5.32 Å². The van der Waals surface area contributed by atoms with E-state index < -0.39 is 11.7 Å². The maximum atomic E-state index is 14.5. The molecule has 2 aromatic heterocycles. The number of rotatable bonds is 3. The highest BCUT2D eigenvalue weighted by atomic mass is 19.1. The van der Waals surface area contributed by atoms with Gasteiger partial charge in [-0.15, -0.1) is 10.2 Å². The van der Waals surface area contributed by atoms with Crippen LogP contribution in [0.2, 0.25) is 0 Å². The van der Waals surface area contributed by atoms with Crippen molar-refractivity contribution in [2.45, 2.75) is 39.2 Å². The molecule has 0 fully saturated rings. The maximum absolute atomic E-state index is 14.5. The van der Waals surface area contributed by atoms with Crippen LogP contribution >= 0.6 is 0 Å². The van der Waals surface area contributed by atoms with Crippen LogP contribution in [0.25, 0.3) is 11.4 Å². The van der Waals surface area contributed by atoms with Crippen molar-refractivity contribution in [2.24, 2.45) is 0 Å². The molecule has 1 aliphatic heterocycles. The number of anilines is 1. The lowest BCUT2D eigenvalue weighted by Crippen LogP contribution is -2.14. The van der Waals surface area contributed by atoms with E-state index in [4.69, 9.17) is 0 Å². The second kappa shape index (κ2) is 7.22. The van der Waals surface area contributed by atoms with E-state index in [2.05, 4.69) is 25.5 Å². The Labute approximate surface area is 155 Å². The Morgan fingerprint density at radius 2 is 2.04 bits per heavy atom. The fourth-order valence-corrected chi connectivity index (χ4v) is 3.16. The summed E-state index contributed by atoms with van der Waals surface area (Å²) in [4.78, 5) is 20.5. The van der Waals surface area contributed by atoms with Crippen molar-refractivity contribution in [1.82, 2.24) is 24.7 Å². The van der Waals surface area contributed by atoms with Crippen LogP contribution in [-0.2, 0) is 13.0 Å². The van der Waals surface area contributed by atoms with Crippen LogP contribution in [0.4, 0.5) is 10.1 Å². The average Bonchev–Trinajstić information content (AvgIpc) is 2.91. The molecule has 4 rings (SSSR count). The third kappa shape index (κ3) is 3.55. The highest BCUT2D eigenvalue weighted by molar-refractivity contribution is 6.02. The van der Waals surface area contributed by atoms with Crippen molar-refractivity contribution >= 4 is 11.6 Å². The highest BCUT2D eigenvalue weighted by Crippen LogP contribution is 2.27. The van der Waals surface area contributed by atoms with Crippen molar-refractivity contribution in [2.75, 3.05) is 5.32 Å². The summed E-state index contributed by atoms with van der Waals surface area (Å²) in [6, 6.07) is 4.42. The molecule has 0 saturated carbocycles. The van der Waals surface area contributed by atoms with E-state index in [1.165, 1.54) is 24.5 Å². The van der Waals surface area contributed by atoms with Gasteiger partial charge < -0.3 is 9.88 Å². The first-order valence-electron chi connectivity index (χ1n) is 8.94. The van der Waals surface area contributed by atoms with Crippen LogP contribution in [0.15, 0.2) is 30.6 Å². The minimum Gasteiger partial charge on any atom is -0.321 e. The summed E-state index contributed by atoms with van der Waals surface area (Å²) >= 11 is 0. The summed E-state index contributed by atoms with van der Waals surface area (Å²) in [6.07, 6.45) is 6.98. The molecule has 1 N–H and O–H groups in total. The first-order valence-corrected chi connectivity index (χ1v) is 8.94. The molecule has 0 unspecified atom stereocenters. The molecule has 0 spiro atoms. The summed E-state index contributed by atoms with van der Waals surface area (Å²) in [5.74, 6) is 0.574. The number of nitrogens with one attached hydrogen (secondary N) is 1. The quantitative estimate of drug-likeness (QED) is 0.769. The zero-order valence-corrected chi connectivity index (χ0v) is 14.9. The van der Waals surface area contributed by atoms with Gasteiger partial charge in [0.15, 0.2) is 5.82 Å². The van der Waals surface area contributed by atoms with Crippen molar-refractivity contribution in [3.8, 4) is 11.4 Å². The number of hydrogen-bond donors (Lipinski definition) is 1.